The Hall–Kier alpha value is -2.98. The third-order valence-corrected chi connectivity index (χ3v) is 7.07. The van der Waals surface area contributed by atoms with Crippen LogP contribution in [0.2, 0.25) is 10.2 Å². The average Bonchev–Trinajstić information content (AvgIpc) is 2.78. The maximum absolute atomic E-state index is 13.7. The lowest BCUT2D eigenvalue weighted by atomic mass is 10.0. The van der Waals surface area contributed by atoms with Crippen LogP contribution in [-0.2, 0) is 0 Å². The molecule has 3 aromatic heterocycles. The number of amides is 1. The topological polar surface area (TPSA) is 117 Å². The van der Waals surface area contributed by atoms with Crippen molar-refractivity contribution < 1.29 is 9.90 Å². The molecule has 10 nitrogen and oxygen atoms in total. The molecule has 4 heterocycles. The molecule has 12 heteroatoms. The summed E-state index contributed by atoms with van der Waals surface area (Å²) in [5.74, 6) is 0.376. The number of rotatable bonds is 4. The molecule has 0 aliphatic carbocycles. The molecule has 1 amide bonds. The summed E-state index contributed by atoms with van der Waals surface area (Å²) in [6, 6.07) is 1.02. The van der Waals surface area contributed by atoms with Gasteiger partial charge in [-0.15, -0.1) is 0 Å². The van der Waals surface area contributed by atoms with E-state index >= 15 is 0 Å². The predicted octanol–water partition coefficient (Wildman–Crippen LogP) is 4.70. The van der Waals surface area contributed by atoms with E-state index < -0.39 is 11.8 Å². The van der Waals surface area contributed by atoms with E-state index in [0.29, 0.717) is 47.0 Å². The van der Waals surface area contributed by atoms with Crippen LogP contribution in [0.1, 0.15) is 64.8 Å². The molecule has 1 aliphatic rings. The predicted molar refractivity (Wildman–Crippen MR) is 140 cm³/mol. The summed E-state index contributed by atoms with van der Waals surface area (Å²) in [6.45, 7) is 12.3. The van der Waals surface area contributed by atoms with Crippen molar-refractivity contribution in [2.24, 2.45) is 0 Å². The van der Waals surface area contributed by atoms with Crippen LogP contribution < -0.4 is 10.6 Å². The smallest absolute Gasteiger partial charge is 0.407 e. The molecule has 0 aromatic carbocycles. The van der Waals surface area contributed by atoms with Crippen LogP contribution in [0.15, 0.2) is 17.2 Å². The summed E-state index contributed by atoms with van der Waals surface area (Å²) in [5.41, 5.74) is 1.66. The maximum Gasteiger partial charge on any atom is 0.407 e. The van der Waals surface area contributed by atoms with Crippen molar-refractivity contribution in [2.75, 3.05) is 18.0 Å². The number of nitrogens with zero attached hydrogens (tertiary/aromatic N) is 7. The minimum atomic E-state index is -0.981. The monoisotopic (exact) mass is 533 g/mol. The molecule has 3 aromatic rings. The molecule has 1 saturated heterocycles. The van der Waals surface area contributed by atoms with Gasteiger partial charge in [0.25, 0.3) is 0 Å². The quantitative estimate of drug-likeness (QED) is 0.479. The van der Waals surface area contributed by atoms with Gasteiger partial charge >= 0.3 is 11.8 Å². The zero-order valence-corrected chi connectivity index (χ0v) is 22.5. The summed E-state index contributed by atoms with van der Waals surface area (Å²) >= 11 is 12.7. The summed E-state index contributed by atoms with van der Waals surface area (Å²) in [7, 11) is 0. The highest BCUT2D eigenvalue weighted by molar-refractivity contribution is 6.41. The number of hydrogen-bond acceptors (Lipinski definition) is 7. The standard InChI is InChI=1S/C24H29Cl2N7O3/c1-11(2)17-19(18(12(3)4)28-10-27-17)33-22-15(7-16(25)20(26)29-22)21(30-23(33)34)31-8-13(5)32(24(35)36)14(6)9-31/h7,10-14H,8-9H2,1-6H3,(H,35,36). The second-order valence-corrected chi connectivity index (χ2v) is 10.5. The average molecular weight is 534 g/mol. The van der Waals surface area contributed by atoms with Gasteiger partial charge in [-0.2, -0.15) is 4.98 Å². The molecule has 4 rings (SSSR count). The van der Waals surface area contributed by atoms with E-state index in [1.54, 1.807) is 6.07 Å². The third-order valence-electron chi connectivity index (χ3n) is 6.39. The Balaban J connectivity index is 2.02. The normalized spacial score (nSPS) is 18.5. The number of carbonyl (C=O) groups is 1. The van der Waals surface area contributed by atoms with Crippen LogP contribution in [-0.4, -0.2) is 65.8 Å². The summed E-state index contributed by atoms with van der Waals surface area (Å²) in [6.07, 6.45) is 0.524. The molecule has 36 heavy (non-hydrogen) atoms. The highest BCUT2D eigenvalue weighted by atomic mass is 35.5. The van der Waals surface area contributed by atoms with Gasteiger partial charge in [0.15, 0.2) is 5.65 Å². The number of aromatic nitrogens is 5. The molecule has 0 bridgehead atoms. The van der Waals surface area contributed by atoms with Crippen molar-refractivity contribution in [3.05, 3.63) is 44.4 Å². The van der Waals surface area contributed by atoms with Crippen LogP contribution in [0.3, 0.4) is 0 Å². The van der Waals surface area contributed by atoms with E-state index in [0.717, 1.165) is 0 Å². The minimum Gasteiger partial charge on any atom is -0.465 e. The first-order valence-electron chi connectivity index (χ1n) is 11.8. The van der Waals surface area contributed by atoms with Gasteiger partial charge in [-0.05, 0) is 31.7 Å². The second-order valence-electron chi connectivity index (χ2n) is 9.78. The SMILES string of the molecule is CC(C)c1ncnc(C(C)C)c1-n1c(=O)nc(N2CC(C)N(C(=O)O)C(C)C2)c2cc(Cl)c(Cl)nc21. The number of piperazine rings is 1. The van der Waals surface area contributed by atoms with Gasteiger partial charge in [-0.1, -0.05) is 50.9 Å². The van der Waals surface area contributed by atoms with E-state index in [9.17, 15) is 14.7 Å². The molecule has 1 aliphatic heterocycles. The van der Waals surface area contributed by atoms with Crippen molar-refractivity contribution in [3.8, 4) is 5.69 Å². The fourth-order valence-electron chi connectivity index (χ4n) is 4.88. The van der Waals surface area contributed by atoms with Gasteiger partial charge in [0.2, 0.25) is 0 Å². The largest absolute Gasteiger partial charge is 0.465 e. The number of carboxylic acid groups (broad SMARTS) is 1. The Bertz CT molecular complexity index is 1350. The third kappa shape index (κ3) is 4.48. The fourth-order valence-corrected chi connectivity index (χ4v) is 5.17. The van der Waals surface area contributed by atoms with E-state index in [1.807, 2.05) is 46.4 Å². The summed E-state index contributed by atoms with van der Waals surface area (Å²) in [4.78, 5) is 46.7. The Morgan fingerprint density at radius 2 is 1.58 bits per heavy atom. The van der Waals surface area contributed by atoms with Crippen LogP contribution in [0, 0.1) is 0 Å². The van der Waals surface area contributed by atoms with E-state index in [4.69, 9.17) is 23.2 Å². The Morgan fingerprint density at radius 1 is 1.03 bits per heavy atom. The lowest BCUT2D eigenvalue weighted by Gasteiger charge is -2.43. The van der Waals surface area contributed by atoms with Crippen LogP contribution in [0.25, 0.3) is 16.7 Å². The zero-order valence-electron chi connectivity index (χ0n) is 21.0. The zero-order chi connectivity index (χ0) is 26.5. The molecular formula is C24H29Cl2N7O3. The fraction of sp³-hybridized carbons (Fsp3) is 0.500. The van der Waals surface area contributed by atoms with Gasteiger partial charge < -0.3 is 10.0 Å². The number of hydrogen-bond donors (Lipinski definition) is 1. The summed E-state index contributed by atoms with van der Waals surface area (Å²) in [5, 5.41) is 10.4. The summed E-state index contributed by atoms with van der Waals surface area (Å²) < 4.78 is 1.42. The van der Waals surface area contributed by atoms with Crippen molar-refractivity contribution in [2.45, 2.75) is 65.5 Å². The molecule has 2 unspecified atom stereocenters. The maximum atomic E-state index is 13.7. The van der Waals surface area contributed by atoms with Gasteiger partial charge in [0, 0.05) is 13.1 Å². The highest BCUT2D eigenvalue weighted by Gasteiger charge is 2.35. The Labute approximate surface area is 218 Å². The number of pyridine rings is 1. The number of anilines is 1. The highest BCUT2D eigenvalue weighted by Crippen LogP contribution is 2.34. The van der Waals surface area contributed by atoms with Gasteiger partial charge in [-0.25, -0.2) is 29.1 Å². The van der Waals surface area contributed by atoms with Crippen molar-refractivity contribution >= 4 is 46.1 Å². The van der Waals surface area contributed by atoms with Crippen LogP contribution in [0.5, 0.6) is 0 Å². The van der Waals surface area contributed by atoms with Gasteiger partial charge in [0.1, 0.15) is 17.3 Å². The minimum absolute atomic E-state index is 0.00399. The first-order chi connectivity index (χ1) is 16.9. The molecule has 0 spiro atoms. The van der Waals surface area contributed by atoms with Crippen molar-refractivity contribution in [1.29, 1.82) is 0 Å². The van der Waals surface area contributed by atoms with Crippen molar-refractivity contribution in [3.63, 3.8) is 0 Å². The lowest BCUT2D eigenvalue weighted by molar-refractivity contribution is 0.0981. The molecule has 1 fully saturated rings. The van der Waals surface area contributed by atoms with Gasteiger partial charge in [0.05, 0.1) is 39.6 Å². The molecule has 1 N–H and O–H groups in total. The van der Waals surface area contributed by atoms with E-state index in [1.165, 1.54) is 15.8 Å². The molecule has 192 valence electrons. The molecule has 0 radical (unpaired) electrons. The van der Waals surface area contributed by atoms with E-state index in [2.05, 4.69) is 19.9 Å². The number of fused-ring (bicyclic) bond motifs is 1. The molecule has 2 atom stereocenters. The Morgan fingerprint density at radius 3 is 2.08 bits per heavy atom. The number of halogens is 2. The second kappa shape index (κ2) is 9.82. The van der Waals surface area contributed by atoms with Crippen LogP contribution >= 0.6 is 23.2 Å². The first-order valence-corrected chi connectivity index (χ1v) is 12.6. The lowest BCUT2D eigenvalue weighted by Crippen LogP contribution is -2.58. The van der Waals surface area contributed by atoms with Crippen LogP contribution in [0.4, 0.5) is 10.6 Å². The molecular weight excluding hydrogens is 505 g/mol. The van der Waals surface area contributed by atoms with Crippen molar-refractivity contribution in [1.82, 2.24) is 29.4 Å². The van der Waals surface area contributed by atoms with E-state index in [-0.39, 0.29) is 34.1 Å². The molecule has 0 saturated carbocycles. The first kappa shape index (κ1) is 26.1. The van der Waals surface area contributed by atoms with Gasteiger partial charge in [-0.3, -0.25) is 4.90 Å². The Kier molecular flexibility index (Phi) is 7.12.